The number of carbonyl (C=O) groups is 2. The van der Waals surface area contributed by atoms with Crippen molar-refractivity contribution in [2.24, 2.45) is 0 Å². The van der Waals surface area contributed by atoms with Crippen molar-refractivity contribution in [2.45, 2.75) is 56.7 Å². The van der Waals surface area contributed by atoms with Gasteiger partial charge in [0.2, 0.25) is 5.91 Å². The standard InChI is InChI=1S/C26H32N2O5/c1-25(2)32-23-21(15-16-27-22(29)14-13-19-9-5-3-6-10-19)31-18-26(23,33-25)17-28-24(30)20-11-7-4-8-12-20/h3-12,21,23H,13-18H2,1-2H3,(H,27,29)(H,28,30)/t21-,23-,26+/m1/s1. The molecule has 0 aromatic heterocycles. The predicted octanol–water partition coefficient (Wildman–Crippen LogP) is 2.84. The van der Waals surface area contributed by atoms with Crippen LogP contribution in [-0.4, -0.2) is 55.1 Å². The first-order valence-electron chi connectivity index (χ1n) is 11.5. The van der Waals surface area contributed by atoms with E-state index in [0.717, 1.165) is 5.56 Å². The van der Waals surface area contributed by atoms with Gasteiger partial charge in [0.25, 0.3) is 5.91 Å². The first kappa shape index (κ1) is 23.4. The quantitative estimate of drug-likeness (QED) is 0.611. The monoisotopic (exact) mass is 452 g/mol. The number of rotatable bonds is 9. The zero-order valence-corrected chi connectivity index (χ0v) is 19.2. The molecule has 0 spiro atoms. The molecule has 33 heavy (non-hydrogen) atoms. The number of aryl methyl sites for hydroxylation is 1. The summed E-state index contributed by atoms with van der Waals surface area (Å²) in [5.74, 6) is -0.920. The number of fused-ring (bicyclic) bond motifs is 1. The van der Waals surface area contributed by atoms with Crippen LogP contribution in [0.4, 0.5) is 0 Å². The van der Waals surface area contributed by atoms with Gasteiger partial charge in [-0.2, -0.15) is 0 Å². The molecule has 176 valence electrons. The normalized spacial score (nSPS) is 25.4. The molecule has 2 N–H and O–H groups in total. The zero-order chi connectivity index (χ0) is 23.3. The average Bonchev–Trinajstić information content (AvgIpc) is 3.27. The molecule has 0 unspecified atom stereocenters. The lowest BCUT2D eigenvalue weighted by Gasteiger charge is -2.27. The molecule has 7 nitrogen and oxygen atoms in total. The summed E-state index contributed by atoms with van der Waals surface area (Å²) >= 11 is 0. The van der Waals surface area contributed by atoms with E-state index in [4.69, 9.17) is 14.2 Å². The Morgan fingerprint density at radius 3 is 2.42 bits per heavy atom. The van der Waals surface area contributed by atoms with Crippen molar-refractivity contribution in [3.8, 4) is 0 Å². The summed E-state index contributed by atoms with van der Waals surface area (Å²) in [5, 5.41) is 5.95. The summed E-state index contributed by atoms with van der Waals surface area (Å²) in [6.45, 7) is 4.84. The number of ether oxygens (including phenoxy) is 3. The van der Waals surface area contributed by atoms with Crippen molar-refractivity contribution >= 4 is 11.8 Å². The molecule has 2 aliphatic rings. The van der Waals surface area contributed by atoms with Gasteiger partial charge in [-0.1, -0.05) is 48.5 Å². The molecular weight excluding hydrogens is 420 g/mol. The van der Waals surface area contributed by atoms with E-state index in [-0.39, 0.29) is 30.6 Å². The van der Waals surface area contributed by atoms with E-state index in [1.165, 1.54) is 0 Å². The Bertz CT molecular complexity index is 950. The second-order valence-electron chi connectivity index (χ2n) is 9.13. The van der Waals surface area contributed by atoms with Gasteiger partial charge in [0.05, 0.1) is 19.3 Å². The van der Waals surface area contributed by atoms with Gasteiger partial charge in [0.15, 0.2) is 5.79 Å². The van der Waals surface area contributed by atoms with E-state index in [2.05, 4.69) is 10.6 Å². The second kappa shape index (κ2) is 10.0. The van der Waals surface area contributed by atoms with Gasteiger partial charge in [0.1, 0.15) is 11.7 Å². The first-order chi connectivity index (χ1) is 15.9. The third-order valence-corrected chi connectivity index (χ3v) is 6.08. The molecule has 2 heterocycles. The summed E-state index contributed by atoms with van der Waals surface area (Å²) in [4.78, 5) is 24.8. The molecule has 0 saturated carbocycles. The van der Waals surface area contributed by atoms with Gasteiger partial charge in [-0.15, -0.1) is 0 Å². The Kier molecular flexibility index (Phi) is 7.12. The minimum atomic E-state index is -0.775. The van der Waals surface area contributed by atoms with E-state index in [1.807, 2.05) is 62.4 Å². The van der Waals surface area contributed by atoms with Gasteiger partial charge in [-0.05, 0) is 44.4 Å². The number of amides is 2. The van der Waals surface area contributed by atoms with Crippen LogP contribution in [0.1, 0.15) is 42.6 Å². The molecule has 0 bridgehead atoms. The summed E-state index contributed by atoms with van der Waals surface area (Å²) < 4.78 is 18.4. The molecular formula is C26H32N2O5. The van der Waals surface area contributed by atoms with Crippen LogP contribution < -0.4 is 10.6 Å². The third kappa shape index (κ3) is 5.79. The van der Waals surface area contributed by atoms with Gasteiger partial charge in [0, 0.05) is 18.5 Å². The molecule has 0 aliphatic carbocycles. The average molecular weight is 453 g/mol. The van der Waals surface area contributed by atoms with Crippen LogP contribution in [0.15, 0.2) is 60.7 Å². The highest BCUT2D eigenvalue weighted by Gasteiger charge is 2.60. The fourth-order valence-electron chi connectivity index (χ4n) is 4.54. The van der Waals surface area contributed by atoms with Gasteiger partial charge >= 0.3 is 0 Å². The lowest BCUT2D eigenvalue weighted by atomic mass is 9.95. The van der Waals surface area contributed by atoms with Crippen molar-refractivity contribution in [3.05, 3.63) is 71.8 Å². The Labute approximate surface area is 194 Å². The lowest BCUT2D eigenvalue weighted by molar-refractivity contribution is -0.189. The Morgan fingerprint density at radius 2 is 1.70 bits per heavy atom. The summed E-state index contributed by atoms with van der Waals surface area (Å²) in [7, 11) is 0. The highest BCUT2D eigenvalue weighted by atomic mass is 16.8. The lowest BCUT2D eigenvalue weighted by Crippen LogP contribution is -2.51. The van der Waals surface area contributed by atoms with Crippen molar-refractivity contribution < 1.29 is 23.8 Å². The maximum atomic E-state index is 12.5. The van der Waals surface area contributed by atoms with E-state index < -0.39 is 11.4 Å². The molecule has 0 radical (unpaired) electrons. The van der Waals surface area contributed by atoms with E-state index in [1.54, 1.807) is 12.1 Å². The van der Waals surface area contributed by atoms with Crippen LogP contribution in [0, 0.1) is 0 Å². The first-order valence-corrected chi connectivity index (χ1v) is 11.5. The Hall–Kier alpha value is -2.74. The van der Waals surface area contributed by atoms with Crippen molar-refractivity contribution in [3.63, 3.8) is 0 Å². The minimum Gasteiger partial charge on any atom is -0.372 e. The smallest absolute Gasteiger partial charge is 0.251 e. The highest BCUT2D eigenvalue weighted by Crippen LogP contribution is 2.43. The third-order valence-electron chi connectivity index (χ3n) is 6.08. The van der Waals surface area contributed by atoms with Crippen LogP contribution in [-0.2, 0) is 25.4 Å². The number of hydrogen-bond donors (Lipinski definition) is 2. The molecule has 3 atom stereocenters. The predicted molar refractivity (Wildman–Crippen MR) is 124 cm³/mol. The van der Waals surface area contributed by atoms with Crippen molar-refractivity contribution in [1.29, 1.82) is 0 Å². The molecule has 2 amide bonds. The molecule has 2 saturated heterocycles. The largest absolute Gasteiger partial charge is 0.372 e. The topological polar surface area (TPSA) is 85.9 Å². The summed E-state index contributed by atoms with van der Waals surface area (Å²) in [6, 6.07) is 19.0. The minimum absolute atomic E-state index is 0.0159. The van der Waals surface area contributed by atoms with Crippen LogP contribution in [0.5, 0.6) is 0 Å². The zero-order valence-electron chi connectivity index (χ0n) is 19.2. The maximum Gasteiger partial charge on any atom is 0.251 e. The van der Waals surface area contributed by atoms with E-state index >= 15 is 0 Å². The fourth-order valence-corrected chi connectivity index (χ4v) is 4.54. The van der Waals surface area contributed by atoms with Gasteiger partial charge in [-0.25, -0.2) is 0 Å². The molecule has 2 fully saturated rings. The van der Waals surface area contributed by atoms with Gasteiger partial charge < -0.3 is 24.8 Å². The summed E-state index contributed by atoms with van der Waals surface area (Å²) in [6.07, 6.45) is 1.21. The maximum absolute atomic E-state index is 12.5. The number of hydrogen-bond acceptors (Lipinski definition) is 5. The van der Waals surface area contributed by atoms with Crippen LogP contribution in [0.3, 0.4) is 0 Å². The SMILES string of the molecule is CC1(C)O[C@@H]2[C@@H](CCNC(=O)CCc3ccccc3)OC[C@]2(CNC(=O)c2ccccc2)O1. The molecule has 2 aromatic carbocycles. The number of benzene rings is 2. The Morgan fingerprint density at radius 1 is 1.00 bits per heavy atom. The fraction of sp³-hybridized carbons (Fsp3) is 0.462. The highest BCUT2D eigenvalue weighted by molar-refractivity contribution is 5.94. The van der Waals surface area contributed by atoms with E-state index in [0.29, 0.717) is 38.0 Å². The van der Waals surface area contributed by atoms with Crippen molar-refractivity contribution in [2.75, 3.05) is 19.7 Å². The summed E-state index contributed by atoms with van der Waals surface area (Å²) in [5.41, 5.74) is 0.987. The number of carbonyl (C=O) groups excluding carboxylic acids is 2. The van der Waals surface area contributed by atoms with Crippen molar-refractivity contribution in [1.82, 2.24) is 10.6 Å². The van der Waals surface area contributed by atoms with Crippen LogP contribution >= 0.6 is 0 Å². The molecule has 7 heteroatoms. The van der Waals surface area contributed by atoms with Crippen LogP contribution in [0.2, 0.25) is 0 Å². The molecule has 4 rings (SSSR count). The molecule has 2 aliphatic heterocycles. The second-order valence-corrected chi connectivity index (χ2v) is 9.13. The molecule has 2 aromatic rings. The van der Waals surface area contributed by atoms with Gasteiger partial charge in [-0.3, -0.25) is 9.59 Å². The number of nitrogens with one attached hydrogen (secondary N) is 2. The Balaban J connectivity index is 1.28. The van der Waals surface area contributed by atoms with Crippen LogP contribution in [0.25, 0.3) is 0 Å². The van der Waals surface area contributed by atoms with E-state index in [9.17, 15) is 9.59 Å².